The molecule has 2 atom stereocenters. The molecule has 0 radical (unpaired) electrons. The van der Waals surface area contributed by atoms with Crippen LogP contribution in [0.1, 0.15) is 23.7 Å². The lowest BCUT2D eigenvalue weighted by Gasteiger charge is -2.18. The van der Waals surface area contributed by atoms with Gasteiger partial charge in [0, 0.05) is 5.92 Å². The molecule has 0 bridgehead atoms. The van der Waals surface area contributed by atoms with Crippen LogP contribution in [0.2, 0.25) is 0 Å². The molecule has 1 aliphatic heterocycles. The van der Waals surface area contributed by atoms with Gasteiger partial charge in [0.2, 0.25) is 0 Å². The zero-order chi connectivity index (χ0) is 13.3. The molecular weight excluding hydrogens is 252 g/mol. The van der Waals surface area contributed by atoms with Crippen LogP contribution in [0.15, 0.2) is 18.2 Å². The number of aryl methyl sites for hydroxylation is 1. The second-order valence-corrected chi connectivity index (χ2v) is 7.07. The number of benzene rings is 1. The van der Waals surface area contributed by atoms with Crippen LogP contribution >= 0.6 is 0 Å². The predicted molar refractivity (Wildman–Crippen MR) is 69.5 cm³/mol. The maximum atomic E-state index is 11.4. The maximum absolute atomic E-state index is 11.4. The van der Waals surface area contributed by atoms with Crippen molar-refractivity contribution in [2.24, 2.45) is 5.92 Å². The Morgan fingerprint density at radius 3 is 2.67 bits per heavy atom. The van der Waals surface area contributed by atoms with Crippen molar-refractivity contribution >= 4 is 9.84 Å². The molecule has 1 aliphatic rings. The maximum Gasteiger partial charge on any atom is 0.150 e. The van der Waals surface area contributed by atoms with Gasteiger partial charge >= 0.3 is 0 Å². The van der Waals surface area contributed by atoms with E-state index < -0.39 is 15.9 Å². The van der Waals surface area contributed by atoms with Crippen LogP contribution in [-0.2, 0) is 9.84 Å². The molecular formula is C13H18O4S. The van der Waals surface area contributed by atoms with Crippen LogP contribution in [0.3, 0.4) is 0 Å². The SMILES string of the molecule is COc1ccc(C(O)C2CCS(=O)(=O)C2)cc1C. The van der Waals surface area contributed by atoms with Crippen molar-refractivity contribution in [1.29, 1.82) is 0 Å². The highest BCUT2D eigenvalue weighted by atomic mass is 32.2. The van der Waals surface area contributed by atoms with E-state index in [-0.39, 0.29) is 17.4 Å². The van der Waals surface area contributed by atoms with Crippen molar-refractivity contribution in [3.63, 3.8) is 0 Å². The van der Waals surface area contributed by atoms with E-state index in [0.717, 1.165) is 16.9 Å². The van der Waals surface area contributed by atoms with E-state index in [2.05, 4.69) is 0 Å². The highest BCUT2D eigenvalue weighted by Gasteiger charge is 2.33. The number of aliphatic hydroxyl groups excluding tert-OH is 1. The van der Waals surface area contributed by atoms with Gasteiger partial charge in [0.25, 0.3) is 0 Å². The normalized spacial score (nSPS) is 23.8. The molecule has 2 unspecified atom stereocenters. The van der Waals surface area contributed by atoms with Crippen molar-refractivity contribution in [2.75, 3.05) is 18.6 Å². The summed E-state index contributed by atoms with van der Waals surface area (Å²) in [5.74, 6) is 0.844. The summed E-state index contributed by atoms with van der Waals surface area (Å²) >= 11 is 0. The standard InChI is InChI=1S/C13H18O4S/c1-9-7-10(3-4-12(9)17-2)13(14)11-5-6-18(15,16)8-11/h3-4,7,11,13-14H,5-6,8H2,1-2H3. The average Bonchev–Trinajstić information content (AvgIpc) is 2.68. The number of rotatable bonds is 3. The Hall–Kier alpha value is -1.07. The number of sulfone groups is 1. The Morgan fingerprint density at radius 1 is 1.44 bits per heavy atom. The van der Waals surface area contributed by atoms with Gasteiger partial charge in [0.15, 0.2) is 9.84 Å². The van der Waals surface area contributed by atoms with E-state index in [1.165, 1.54) is 0 Å². The highest BCUT2D eigenvalue weighted by molar-refractivity contribution is 7.91. The van der Waals surface area contributed by atoms with Crippen LogP contribution in [0, 0.1) is 12.8 Å². The first-order chi connectivity index (χ1) is 8.43. The molecule has 1 N–H and O–H groups in total. The van der Waals surface area contributed by atoms with Gasteiger partial charge in [-0.2, -0.15) is 0 Å². The molecule has 1 saturated heterocycles. The van der Waals surface area contributed by atoms with E-state index in [9.17, 15) is 13.5 Å². The summed E-state index contributed by atoms with van der Waals surface area (Å²) in [7, 11) is -1.36. The minimum Gasteiger partial charge on any atom is -0.496 e. The summed E-state index contributed by atoms with van der Waals surface area (Å²) in [6.07, 6.45) is -0.180. The number of ether oxygens (including phenoxy) is 1. The molecule has 0 saturated carbocycles. The van der Waals surface area contributed by atoms with Crippen molar-refractivity contribution < 1.29 is 18.3 Å². The molecule has 0 amide bonds. The predicted octanol–water partition coefficient (Wildman–Crippen LogP) is 1.47. The monoisotopic (exact) mass is 270 g/mol. The second kappa shape index (κ2) is 4.90. The largest absolute Gasteiger partial charge is 0.496 e. The van der Waals surface area contributed by atoms with Crippen LogP contribution in [-0.4, -0.2) is 32.1 Å². The van der Waals surface area contributed by atoms with Crippen LogP contribution in [0.25, 0.3) is 0 Å². The average molecular weight is 270 g/mol. The molecule has 1 aromatic rings. The van der Waals surface area contributed by atoms with Crippen LogP contribution in [0.5, 0.6) is 5.75 Å². The third-order valence-electron chi connectivity index (χ3n) is 3.47. The van der Waals surface area contributed by atoms with Gasteiger partial charge in [-0.15, -0.1) is 0 Å². The Bertz CT molecular complexity index is 536. The van der Waals surface area contributed by atoms with Gasteiger partial charge in [-0.05, 0) is 36.6 Å². The van der Waals surface area contributed by atoms with E-state index in [4.69, 9.17) is 4.74 Å². The van der Waals surface area contributed by atoms with Crippen LogP contribution < -0.4 is 4.74 Å². The lowest BCUT2D eigenvalue weighted by Crippen LogP contribution is -2.14. The number of methoxy groups -OCH3 is 1. The van der Waals surface area contributed by atoms with Gasteiger partial charge in [0.1, 0.15) is 5.75 Å². The first kappa shape index (κ1) is 13.4. The van der Waals surface area contributed by atoms with Gasteiger partial charge in [-0.1, -0.05) is 6.07 Å². The molecule has 100 valence electrons. The Labute approximate surface area is 108 Å². The molecule has 0 aliphatic carbocycles. The summed E-state index contributed by atoms with van der Waals surface area (Å²) in [6, 6.07) is 5.45. The number of hydrogen-bond acceptors (Lipinski definition) is 4. The Morgan fingerprint density at radius 2 is 2.17 bits per heavy atom. The van der Waals surface area contributed by atoms with Gasteiger partial charge < -0.3 is 9.84 Å². The third kappa shape index (κ3) is 2.67. The summed E-state index contributed by atoms with van der Waals surface area (Å²) in [5, 5.41) is 10.2. The van der Waals surface area contributed by atoms with Crippen molar-refractivity contribution in [2.45, 2.75) is 19.4 Å². The van der Waals surface area contributed by atoms with E-state index >= 15 is 0 Å². The molecule has 18 heavy (non-hydrogen) atoms. The Kier molecular flexibility index (Phi) is 3.64. The lowest BCUT2D eigenvalue weighted by atomic mass is 9.94. The molecule has 5 heteroatoms. The first-order valence-corrected chi connectivity index (χ1v) is 7.78. The summed E-state index contributed by atoms with van der Waals surface area (Å²) in [5.41, 5.74) is 1.70. The lowest BCUT2D eigenvalue weighted by molar-refractivity contribution is 0.121. The zero-order valence-electron chi connectivity index (χ0n) is 10.6. The highest BCUT2D eigenvalue weighted by Crippen LogP contribution is 2.33. The van der Waals surface area contributed by atoms with E-state index in [1.54, 1.807) is 19.2 Å². The third-order valence-corrected chi connectivity index (χ3v) is 5.27. The summed E-state index contributed by atoms with van der Waals surface area (Å²) in [6.45, 7) is 1.90. The number of hydrogen-bond donors (Lipinski definition) is 1. The number of aliphatic hydroxyl groups is 1. The van der Waals surface area contributed by atoms with Gasteiger partial charge in [-0.3, -0.25) is 0 Å². The molecule has 1 heterocycles. The summed E-state index contributed by atoms with van der Waals surface area (Å²) < 4.78 is 28.0. The molecule has 2 rings (SSSR count). The quantitative estimate of drug-likeness (QED) is 0.903. The first-order valence-electron chi connectivity index (χ1n) is 5.96. The van der Waals surface area contributed by atoms with Crippen molar-refractivity contribution in [3.8, 4) is 5.75 Å². The molecule has 0 aromatic heterocycles. The molecule has 1 fully saturated rings. The van der Waals surface area contributed by atoms with E-state index in [0.29, 0.717) is 6.42 Å². The minimum atomic E-state index is -2.96. The Balaban J connectivity index is 2.19. The smallest absolute Gasteiger partial charge is 0.150 e. The van der Waals surface area contributed by atoms with Gasteiger partial charge in [-0.25, -0.2) is 8.42 Å². The summed E-state index contributed by atoms with van der Waals surface area (Å²) in [4.78, 5) is 0. The fourth-order valence-electron chi connectivity index (χ4n) is 2.43. The van der Waals surface area contributed by atoms with E-state index in [1.807, 2.05) is 13.0 Å². The second-order valence-electron chi connectivity index (χ2n) is 4.84. The molecule has 4 nitrogen and oxygen atoms in total. The van der Waals surface area contributed by atoms with Gasteiger partial charge in [0.05, 0.1) is 24.7 Å². The van der Waals surface area contributed by atoms with Crippen LogP contribution in [0.4, 0.5) is 0 Å². The topological polar surface area (TPSA) is 63.6 Å². The molecule has 0 spiro atoms. The van der Waals surface area contributed by atoms with Crippen molar-refractivity contribution in [1.82, 2.24) is 0 Å². The minimum absolute atomic E-state index is 0.0826. The molecule has 1 aromatic carbocycles. The zero-order valence-corrected chi connectivity index (χ0v) is 11.4. The fourth-order valence-corrected chi connectivity index (χ4v) is 4.26. The van der Waals surface area contributed by atoms with Crippen molar-refractivity contribution in [3.05, 3.63) is 29.3 Å². The fraction of sp³-hybridized carbons (Fsp3) is 0.538.